The number of aliphatic hydroxyl groups is 1. The van der Waals surface area contributed by atoms with Gasteiger partial charge in [-0.25, -0.2) is 0 Å². The summed E-state index contributed by atoms with van der Waals surface area (Å²) < 4.78 is 0. The number of nitrogens with two attached hydrogens (primary N) is 1. The van der Waals surface area contributed by atoms with Crippen molar-refractivity contribution in [3.8, 4) is 0 Å². The molecule has 0 fully saturated rings. The summed E-state index contributed by atoms with van der Waals surface area (Å²) in [5.41, 5.74) is 8.13. The fourth-order valence-corrected chi connectivity index (χ4v) is 0.416. The fourth-order valence-electron chi connectivity index (χ4n) is 0.353. The van der Waals surface area contributed by atoms with Gasteiger partial charge in [-0.3, -0.25) is 0 Å². The summed E-state index contributed by atoms with van der Waals surface area (Å²) in [6.07, 6.45) is 4.14. The third-order valence-corrected chi connectivity index (χ3v) is 1.24. The van der Waals surface area contributed by atoms with Crippen molar-refractivity contribution in [2.45, 2.75) is 0 Å². The highest BCUT2D eigenvalue weighted by Gasteiger charge is 1.87. The fraction of sp³-hybridized carbons (Fsp3) is 0. The lowest BCUT2D eigenvalue weighted by Gasteiger charge is -1.90. The molecule has 0 amide bonds. The molecule has 0 heterocycles. The van der Waals surface area contributed by atoms with Crippen molar-refractivity contribution in [2.24, 2.45) is 5.73 Å². The van der Waals surface area contributed by atoms with Crippen LogP contribution < -0.4 is 5.73 Å². The van der Waals surface area contributed by atoms with Crippen LogP contribution in [-0.4, -0.2) is 5.11 Å². The minimum atomic E-state index is -0.0937. The first-order chi connectivity index (χ1) is 5.57. The van der Waals surface area contributed by atoms with E-state index >= 15 is 0 Å². The zero-order valence-corrected chi connectivity index (χ0v) is 7.30. The molecule has 0 aliphatic rings. The third-order valence-electron chi connectivity index (χ3n) is 1.01. The topological polar surface area (TPSA) is 46.2 Å². The number of hydrogen-bond donors (Lipinski definition) is 2. The standard InChI is InChI=1S/C9H10ClNO/c1-7(8(2)12)4-3-5-9(10)6-11/h4-6,12H,1-2,11H2/b9-6+. The summed E-state index contributed by atoms with van der Waals surface area (Å²) in [5.74, 6) is -0.0937. The Morgan fingerprint density at radius 1 is 1.42 bits per heavy atom. The van der Waals surface area contributed by atoms with Crippen LogP contribution in [0.3, 0.4) is 0 Å². The minimum absolute atomic E-state index is 0.0937. The molecular weight excluding hydrogens is 174 g/mol. The Bertz CT molecular complexity index is 283. The average molecular weight is 184 g/mol. The molecule has 3 N–H and O–H groups in total. The van der Waals surface area contributed by atoms with Crippen molar-refractivity contribution >= 4 is 11.6 Å². The van der Waals surface area contributed by atoms with E-state index in [0.717, 1.165) is 0 Å². The molecular formula is C9H10ClNO. The summed E-state index contributed by atoms with van der Waals surface area (Å²) in [7, 11) is 0. The van der Waals surface area contributed by atoms with Gasteiger partial charge in [0.1, 0.15) is 5.76 Å². The van der Waals surface area contributed by atoms with Crippen LogP contribution in [0.5, 0.6) is 0 Å². The van der Waals surface area contributed by atoms with Gasteiger partial charge in [-0.2, -0.15) is 0 Å². The lowest BCUT2D eigenvalue weighted by molar-refractivity contribution is 0.429. The predicted octanol–water partition coefficient (Wildman–Crippen LogP) is 2.36. The largest absolute Gasteiger partial charge is 0.508 e. The molecule has 0 radical (unpaired) electrons. The minimum Gasteiger partial charge on any atom is -0.508 e. The van der Waals surface area contributed by atoms with Crippen LogP contribution in [0.1, 0.15) is 0 Å². The SMILES string of the molecule is C=C(O)C(=C)C=C=C/C(Cl)=C\N. The Balaban J connectivity index is 4.35. The number of halogens is 1. The number of aliphatic hydroxyl groups excluding tert-OH is 1. The quantitative estimate of drug-likeness (QED) is 0.401. The van der Waals surface area contributed by atoms with Crippen LogP contribution >= 0.6 is 11.6 Å². The highest BCUT2D eigenvalue weighted by atomic mass is 35.5. The van der Waals surface area contributed by atoms with E-state index in [0.29, 0.717) is 10.6 Å². The van der Waals surface area contributed by atoms with Crippen LogP contribution in [0.25, 0.3) is 0 Å². The first kappa shape index (κ1) is 10.6. The highest BCUT2D eigenvalue weighted by Crippen LogP contribution is 2.02. The van der Waals surface area contributed by atoms with Gasteiger partial charge in [0.2, 0.25) is 0 Å². The van der Waals surface area contributed by atoms with Crippen LogP contribution in [0.4, 0.5) is 0 Å². The van der Waals surface area contributed by atoms with Crippen molar-refractivity contribution in [1.29, 1.82) is 0 Å². The number of rotatable bonds is 3. The smallest absolute Gasteiger partial charge is 0.115 e. The molecule has 0 aliphatic heterocycles. The normalized spacial score (nSPS) is 9.92. The summed E-state index contributed by atoms with van der Waals surface area (Å²) in [6.45, 7) is 6.77. The lowest BCUT2D eigenvalue weighted by atomic mass is 10.2. The van der Waals surface area contributed by atoms with E-state index in [9.17, 15) is 0 Å². The van der Waals surface area contributed by atoms with E-state index in [1.165, 1.54) is 18.4 Å². The maximum Gasteiger partial charge on any atom is 0.115 e. The maximum atomic E-state index is 8.79. The summed E-state index contributed by atoms with van der Waals surface area (Å²) in [6, 6.07) is 0. The molecule has 64 valence electrons. The second kappa shape index (κ2) is 5.30. The number of allylic oxidation sites excluding steroid dienone is 2. The van der Waals surface area contributed by atoms with Crippen molar-refractivity contribution < 1.29 is 5.11 Å². The second-order valence-corrected chi connectivity index (χ2v) is 2.42. The van der Waals surface area contributed by atoms with E-state index in [1.807, 2.05) is 0 Å². The van der Waals surface area contributed by atoms with Crippen LogP contribution in [0.2, 0.25) is 0 Å². The van der Waals surface area contributed by atoms with Gasteiger partial charge in [0.05, 0.1) is 5.03 Å². The summed E-state index contributed by atoms with van der Waals surface area (Å²) >= 11 is 5.51. The van der Waals surface area contributed by atoms with Gasteiger partial charge in [-0.15, -0.1) is 5.73 Å². The molecule has 0 unspecified atom stereocenters. The molecule has 0 aromatic rings. The molecule has 0 aliphatic carbocycles. The van der Waals surface area contributed by atoms with Gasteiger partial charge in [-0.1, -0.05) is 24.8 Å². The zero-order valence-electron chi connectivity index (χ0n) is 6.55. The first-order valence-corrected chi connectivity index (χ1v) is 3.52. The molecule has 0 saturated heterocycles. The summed E-state index contributed by atoms with van der Waals surface area (Å²) in [4.78, 5) is 0. The van der Waals surface area contributed by atoms with Crippen LogP contribution in [0.15, 0.2) is 53.6 Å². The van der Waals surface area contributed by atoms with E-state index < -0.39 is 0 Å². The van der Waals surface area contributed by atoms with Gasteiger partial charge in [0, 0.05) is 17.8 Å². The van der Waals surface area contributed by atoms with E-state index in [-0.39, 0.29) is 5.76 Å². The Kier molecular flexibility index (Phi) is 4.70. The van der Waals surface area contributed by atoms with Crippen LogP contribution in [0, 0.1) is 0 Å². The maximum absolute atomic E-state index is 8.79. The van der Waals surface area contributed by atoms with Gasteiger partial charge >= 0.3 is 0 Å². The van der Waals surface area contributed by atoms with Gasteiger partial charge in [0.15, 0.2) is 0 Å². The Labute approximate surface area is 76.6 Å². The average Bonchev–Trinajstić information content (AvgIpc) is 2.03. The van der Waals surface area contributed by atoms with Crippen molar-refractivity contribution in [3.63, 3.8) is 0 Å². The Morgan fingerprint density at radius 3 is 2.42 bits per heavy atom. The Morgan fingerprint density at radius 2 is 2.00 bits per heavy atom. The van der Waals surface area contributed by atoms with E-state index in [4.69, 9.17) is 22.4 Å². The first-order valence-electron chi connectivity index (χ1n) is 3.15. The molecule has 0 atom stereocenters. The molecule has 0 rings (SSSR count). The van der Waals surface area contributed by atoms with E-state index in [1.54, 1.807) is 0 Å². The molecule has 2 nitrogen and oxygen atoms in total. The summed E-state index contributed by atoms with van der Waals surface area (Å²) in [5, 5.41) is 9.16. The lowest BCUT2D eigenvalue weighted by Crippen LogP contribution is -1.78. The van der Waals surface area contributed by atoms with E-state index in [2.05, 4.69) is 18.9 Å². The van der Waals surface area contributed by atoms with Gasteiger partial charge in [-0.05, 0) is 6.08 Å². The van der Waals surface area contributed by atoms with Gasteiger partial charge in [0.25, 0.3) is 0 Å². The van der Waals surface area contributed by atoms with Crippen molar-refractivity contribution in [1.82, 2.24) is 0 Å². The molecule has 3 heteroatoms. The third kappa shape index (κ3) is 4.45. The second-order valence-electron chi connectivity index (χ2n) is 1.98. The zero-order chi connectivity index (χ0) is 9.56. The molecule has 0 saturated carbocycles. The van der Waals surface area contributed by atoms with Crippen LogP contribution in [-0.2, 0) is 0 Å². The van der Waals surface area contributed by atoms with Crippen molar-refractivity contribution in [3.05, 3.63) is 53.6 Å². The number of hydrogen-bond acceptors (Lipinski definition) is 2. The Hall–Kier alpha value is -1.37. The molecule has 0 aromatic heterocycles. The molecule has 0 bridgehead atoms. The van der Waals surface area contributed by atoms with Crippen molar-refractivity contribution in [2.75, 3.05) is 0 Å². The molecule has 0 spiro atoms. The monoisotopic (exact) mass is 183 g/mol. The molecule has 12 heavy (non-hydrogen) atoms. The predicted molar refractivity (Wildman–Crippen MR) is 51.7 cm³/mol. The molecule has 0 aromatic carbocycles. The van der Waals surface area contributed by atoms with Gasteiger partial charge < -0.3 is 10.8 Å². The highest BCUT2D eigenvalue weighted by molar-refractivity contribution is 6.31.